The number of allylic oxidation sites excluding steroid dienone is 1. The predicted octanol–water partition coefficient (Wildman–Crippen LogP) is 4.71. The van der Waals surface area contributed by atoms with Gasteiger partial charge >= 0.3 is 0 Å². The van der Waals surface area contributed by atoms with E-state index in [0.29, 0.717) is 17.0 Å². The van der Waals surface area contributed by atoms with Crippen LogP contribution in [0.5, 0.6) is 0 Å². The van der Waals surface area contributed by atoms with Gasteiger partial charge in [0.1, 0.15) is 29.4 Å². The van der Waals surface area contributed by atoms with Gasteiger partial charge in [0, 0.05) is 59.3 Å². The number of sulfonamides is 1. The molecule has 3 aromatic heterocycles. The Morgan fingerprint density at radius 1 is 1.17 bits per heavy atom. The molecule has 0 aliphatic rings. The summed E-state index contributed by atoms with van der Waals surface area (Å²) in [5, 5.41) is 0.211. The molecule has 0 atom stereocenters. The number of hydrogen-bond acceptors (Lipinski definition) is 7. The predicted molar refractivity (Wildman–Crippen MR) is 151 cm³/mol. The Morgan fingerprint density at radius 2 is 1.98 bits per heavy atom. The Kier molecular flexibility index (Phi) is 7.46. The molecule has 3 heterocycles. The molecule has 0 amide bonds. The van der Waals surface area contributed by atoms with Gasteiger partial charge in [0.2, 0.25) is 5.78 Å². The van der Waals surface area contributed by atoms with Crippen molar-refractivity contribution in [1.82, 2.24) is 19.5 Å². The average Bonchev–Trinajstić information content (AvgIpc) is 3.65. The van der Waals surface area contributed by atoms with Crippen LogP contribution >= 0.6 is 0 Å². The minimum Gasteiger partial charge on any atom is -0.404 e. The molecule has 5 rings (SSSR count). The van der Waals surface area contributed by atoms with Crippen LogP contribution in [0.15, 0.2) is 96.2 Å². The molecule has 0 aliphatic heterocycles. The first-order valence-corrected chi connectivity index (χ1v) is 13.5. The summed E-state index contributed by atoms with van der Waals surface area (Å²) in [7, 11) is -4.47. The lowest BCUT2D eigenvalue weighted by atomic mass is 10.00. The summed E-state index contributed by atoms with van der Waals surface area (Å²) in [5.41, 5.74) is 5.01. The summed E-state index contributed by atoms with van der Waals surface area (Å²) < 4.78 is 72.8. The third-order valence-corrected chi connectivity index (χ3v) is 7.48. The normalized spacial score (nSPS) is 12.2. The number of halogens is 3. The average molecular weight is 592 g/mol. The van der Waals surface area contributed by atoms with E-state index in [-0.39, 0.29) is 16.6 Å². The smallest absolute Gasteiger partial charge is 0.262 e. The van der Waals surface area contributed by atoms with Crippen molar-refractivity contribution in [3.63, 3.8) is 0 Å². The van der Waals surface area contributed by atoms with Crippen LogP contribution in [0, 0.1) is 17.5 Å². The molecule has 212 valence electrons. The van der Waals surface area contributed by atoms with Crippen LogP contribution in [0.3, 0.4) is 0 Å². The maximum absolute atomic E-state index is 15.5. The van der Waals surface area contributed by atoms with Crippen LogP contribution in [0.25, 0.3) is 22.4 Å². The topological polar surface area (TPSA) is 148 Å². The molecule has 0 radical (unpaired) electrons. The molecule has 0 fully saturated rings. The SMILES string of the molecule is C=C(N=C/C(=C\N)c1cnc2[nH]cc(C(=O)c3c(F)ccc(NS(=O)(=O)c4cccc(F)c4)c3F)c2c1)n1ccnc1. The van der Waals surface area contributed by atoms with Crippen LogP contribution in [0.1, 0.15) is 21.5 Å². The standard InChI is InChI=1S/C28H20F3N7O3S/c1-16(38-8-7-33-15-38)34-13-18(11-32)17-9-21-22(14-36-28(21)35-12-17)27(39)25-23(30)5-6-24(26(25)31)37-42(40,41)20-4-2-3-19(29)10-20/h2-15,37H,1,32H2,(H,35,36)/b18-11+,34-13?. The second-order valence-corrected chi connectivity index (χ2v) is 10.4. The van der Waals surface area contributed by atoms with Crippen LogP contribution < -0.4 is 10.5 Å². The summed E-state index contributed by atoms with van der Waals surface area (Å²) in [6.07, 6.45) is 10.1. The number of pyridine rings is 1. The van der Waals surface area contributed by atoms with E-state index in [9.17, 15) is 22.0 Å². The number of H-pyrrole nitrogens is 1. The first kappa shape index (κ1) is 28.0. The zero-order chi connectivity index (χ0) is 30.0. The summed E-state index contributed by atoms with van der Waals surface area (Å²) in [6, 6.07) is 7.12. The molecule has 0 aliphatic carbocycles. The Bertz CT molecular complexity index is 2020. The summed E-state index contributed by atoms with van der Waals surface area (Å²) in [5.74, 6) is -4.24. The lowest BCUT2D eigenvalue weighted by Crippen LogP contribution is -2.16. The van der Waals surface area contributed by atoms with Gasteiger partial charge in [-0.3, -0.25) is 14.1 Å². The Balaban J connectivity index is 1.49. The van der Waals surface area contributed by atoms with Crippen molar-refractivity contribution in [3.8, 4) is 0 Å². The van der Waals surface area contributed by atoms with E-state index in [4.69, 9.17) is 5.73 Å². The number of benzene rings is 2. The van der Waals surface area contributed by atoms with Crippen molar-refractivity contribution in [2.45, 2.75) is 4.90 Å². The molecule has 0 spiro atoms. The van der Waals surface area contributed by atoms with Crippen LogP contribution in [-0.4, -0.2) is 39.9 Å². The highest BCUT2D eigenvalue weighted by Gasteiger charge is 2.26. The van der Waals surface area contributed by atoms with Gasteiger partial charge in [-0.2, -0.15) is 0 Å². The van der Waals surface area contributed by atoms with Crippen LogP contribution in [-0.2, 0) is 10.0 Å². The molecule has 2 aromatic carbocycles. The fourth-order valence-corrected chi connectivity index (χ4v) is 5.09. The maximum Gasteiger partial charge on any atom is 0.262 e. The number of nitrogens with one attached hydrogen (secondary N) is 2. The van der Waals surface area contributed by atoms with Gasteiger partial charge in [-0.05, 0) is 36.4 Å². The highest BCUT2D eigenvalue weighted by atomic mass is 32.2. The molecule has 0 unspecified atom stereocenters. The van der Waals surface area contributed by atoms with Crippen molar-refractivity contribution in [1.29, 1.82) is 0 Å². The number of rotatable bonds is 9. The summed E-state index contributed by atoms with van der Waals surface area (Å²) >= 11 is 0. The second-order valence-electron chi connectivity index (χ2n) is 8.76. The number of ketones is 1. The minimum absolute atomic E-state index is 0.140. The number of carbonyl (C=O) groups is 1. The van der Waals surface area contributed by atoms with E-state index in [1.165, 1.54) is 37.2 Å². The number of aromatic nitrogens is 4. The lowest BCUT2D eigenvalue weighted by molar-refractivity contribution is 0.103. The number of nitrogens with two attached hydrogens (primary N) is 1. The van der Waals surface area contributed by atoms with Crippen molar-refractivity contribution >= 4 is 50.1 Å². The molecular formula is C28H20F3N7O3S. The minimum atomic E-state index is -4.47. The molecule has 0 saturated carbocycles. The highest BCUT2D eigenvalue weighted by molar-refractivity contribution is 7.92. The number of nitrogens with zero attached hydrogens (tertiary/aromatic N) is 4. The van der Waals surface area contributed by atoms with Gasteiger partial charge in [0.15, 0.2) is 5.82 Å². The van der Waals surface area contributed by atoms with E-state index in [2.05, 4.69) is 26.5 Å². The third-order valence-electron chi connectivity index (χ3n) is 6.11. The number of aliphatic imine (C=N–C) groups is 1. The second kappa shape index (κ2) is 11.2. The third kappa shape index (κ3) is 5.42. The molecule has 42 heavy (non-hydrogen) atoms. The summed E-state index contributed by atoms with van der Waals surface area (Å²) in [6.45, 7) is 3.84. The Hall–Kier alpha value is -5.50. The van der Waals surface area contributed by atoms with Gasteiger partial charge in [0.05, 0.1) is 16.1 Å². The van der Waals surface area contributed by atoms with Gasteiger partial charge < -0.3 is 10.7 Å². The first-order chi connectivity index (χ1) is 20.1. The van der Waals surface area contributed by atoms with Crippen molar-refractivity contribution in [3.05, 3.63) is 121 Å². The molecule has 0 bridgehead atoms. The largest absolute Gasteiger partial charge is 0.404 e. The number of carbonyl (C=O) groups excluding carboxylic acids is 1. The van der Waals surface area contributed by atoms with Crippen molar-refractivity contribution < 1.29 is 26.4 Å². The Labute approximate surface area is 236 Å². The number of hydrogen-bond donors (Lipinski definition) is 3. The van der Waals surface area contributed by atoms with E-state index in [1.807, 2.05) is 4.72 Å². The molecule has 5 aromatic rings. The summed E-state index contributed by atoms with van der Waals surface area (Å²) in [4.78, 5) is 28.2. The van der Waals surface area contributed by atoms with Gasteiger partial charge in [-0.15, -0.1) is 0 Å². The molecule has 4 N–H and O–H groups in total. The zero-order valence-corrected chi connectivity index (χ0v) is 22.2. The highest BCUT2D eigenvalue weighted by Crippen LogP contribution is 2.29. The number of imidazole rings is 1. The first-order valence-electron chi connectivity index (χ1n) is 12.0. The zero-order valence-electron chi connectivity index (χ0n) is 21.4. The quantitative estimate of drug-likeness (QED) is 0.167. The fraction of sp³-hybridized carbons (Fsp3) is 0. The van der Waals surface area contributed by atoms with E-state index in [1.54, 1.807) is 17.0 Å². The van der Waals surface area contributed by atoms with E-state index >= 15 is 4.39 Å². The van der Waals surface area contributed by atoms with Crippen molar-refractivity contribution in [2.24, 2.45) is 10.7 Å². The van der Waals surface area contributed by atoms with Crippen molar-refractivity contribution in [2.75, 3.05) is 4.72 Å². The number of fused-ring (bicyclic) bond motifs is 1. The Morgan fingerprint density at radius 3 is 2.69 bits per heavy atom. The maximum atomic E-state index is 15.5. The van der Waals surface area contributed by atoms with Gasteiger partial charge in [0.25, 0.3) is 10.0 Å². The molecule has 0 saturated heterocycles. The number of anilines is 1. The lowest BCUT2D eigenvalue weighted by Gasteiger charge is -2.12. The van der Waals surface area contributed by atoms with Gasteiger partial charge in [-0.25, -0.2) is 36.5 Å². The number of aromatic amines is 1. The monoisotopic (exact) mass is 591 g/mol. The molecule has 10 nitrogen and oxygen atoms in total. The molecular weight excluding hydrogens is 571 g/mol. The van der Waals surface area contributed by atoms with E-state index < -0.39 is 49.4 Å². The van der Waals surface area contributed by atoms with Gasteiger partial charge in [-0.1, -0.05) is 12.6 Å². The van der Waals surface area contributed by atoms with Crippen LogP contribution in [0.2, 0.25) is 0 Å². The fourth-order valence-electron chi connectivity index (χ4n) is 4.00. The molecule has 14 heteroatoms. The van der Waals surface area contributed by atoms with Crippen LogP contribution in [0.4, 0.5) is 18.9 Å². The van der Waals surface area contributed by atoms with E-state index in [0.717, 1.165) is 36.4 Å².